The first-order chi connectivity index (χ1) is 9.58. The molecular weight excluding hydrogens is 250 g/mol. The van der Waals surface area contributed by atoms with Gasteiger partial charge in [0.05, 0.1) is 5.69 Å². The van der Waals surface area contributed by atoms with E-state index in [0.717, 1.165) is 19.1 Å². The molecule has 0 aliphatic carbocycles. The summed E-state index contributed by atoms with van der Waals surface area (Å²) in [5.41, 5.74) is 3.91. The summed E-state index contributed by atoms with van der Waals surface area (Å²) in [7, 11) is 2.04. The lowest BCUT2D eigenvalue weighted by atomic mass is 9.98. The van der Waals surface area contributed by atoms with Gasteiger partial charge in [-0.15, -0.1) is 0 Å². The van der Waals surface area contributed by atoms with Gasteiger partial charge in [0.15, 0.2) is 0 Å². The molecule has 0 saturated carbocycles. The number of nitrogens with one attached hydrogen (secondary N) is 1. The quantitative estimate of drug-likeness (QED) is 0.882. The number of aryl methyl sites for hydroxylation is 2. The van der Waals surface area contributed by atoms with Gasteiger partial charge in [-0.1, -0.05) is 0 Å². The van der Waals surface area contributed by atoms with Crippen molar-refractivity contribution in [1.29, 1.82) is 0 Å². The van der Waals surface area contributed by atoms with Crippen LogP contribution in [0.1, 0.15) is 29.9 Å². The lowest BCUT2D eigenvalue weighted by Gasteiger charge is -2.49. The minimum Gasteiger partial charge on any atom is -0.314 e. The number of aromatic nitrogens is 2. The van der Waals surface area contributed by atoms with Gasteiger partial charge in [-0.05, 0) is 20.8 Å². The van der Waals surface area contributed by atoms with Crippen molar-refractivity contribution in [2.24, 2.45) is 7.05 Å². The molecule has 0 radical (unpaired) electrons. The normalized spacial score (nSPS) is 23.8. The molecule has 2 aliphatic rings. The van der Waals surface area contributed by atoms with Crippen LogP contribution in [0.3, 0.4) is 0 Å². The highest BCUT2D eigenvalue weighted by molar-refractivity contribution is 5.28. The van der Waals surface area contributed by atoms with Gasteiger partial charge in [-0.3, -0.25) is 14.5 Å². The molecule has 2 saturated heterocycles. The lowest BCUT2D eigenvalue weighted by molar-refractivity contribution is 0.00317. The molecule has 2 aliphatic heterocycles. The summed E-state index contributed by atoms with van der Waals surface area (Å²) in [6.45, 7) is 13.7. The molecule has 0 bridgehead atoms. The second kappa shape index (κ2) is 5.47. The zero-order valence-electron chi connectivity index (χ0n) is 13.2. The number of likely N-dealkylation sites (tertiary alicyclic amines) is 1. The SMILES string of the molecule is Cc1nn(C)c(C)c1C(C)N1CC(N2CCNCC2)C1. The van der Waals surface area contributed by atoms with E-state index in [9.17, 15) is 0 Å². The zero-order valence-corrected chi connectivity index (χ0v) is 13.2. The van der Waals surface area contributed by atoms with E-state index in [2.05, 4.69) is 41.0 Å². The average molecular weight is 277 g/mol. The van der Waals surface area contributed by atoms with Crippen LogP contribution in [0.5, 0.6) is 0 Å². The first-order valence-electron chi connectivity index (χ1n) is 7.77. The predicted octanol–water partition coefficient (Wildman–Crippen LogP) is 0.687. The highest BCUT2D eigenvalue weighted by atomic mass is 15.3. The van der Waals surface area contributed by atoms with E-state index >= 15 is 0 Å². The Morgan fingerprint density at radius 1 is 1.20 bits per heavy atom. The largest absolute Gasteiger partial charge is 0.314 e. The minimum atomic E-state index is 0.489. The van der Waals surface area contributed by atoms with E-state index in [0.29, 0.717) is 6.04 Å². The van der Waals surface area contributed by atoms with Crippen LogP contribution in [0.15, 0.2) is 0 Å². The molecule has 1 aromatic rings. The standard InChI is InChI=1S/C15H27N5/c1-11-15(12(2)18(4)17-11)13(3)20-9-14(10-20)19-7-5-16-6-8-19/h13-14,16H,5-10H2,1-4H3. The molecule has 20 heavy (non-hydrogen) atoms. The van der Waals surface area contributed by atoms with Crippen molar-refractivity contribution in [2.75, 3.05) is 39.3 Å². The average Bonchev–Trinajstić information content (AvgIpc) is 2.62. The Kier molecular flexibility index (Phi) is 3.84. The molecule has 3 heterocycles. The van der Waals surface area contributed by atoms with Gasteiger partial charge in [-0.2, -0.15) is 5.10 Å². The van der Waals surface area contributed by atoms with Gasteiger partial charge < -0.3 is 5.32 Å². The molecule has 2 fully saturated rings. The highest BCUT2D eigenvalue weighted by Crippen LogP contribution is 2.31. The maximum Gasteiger partial charge on any atom is 0.0644 e. The van der Waals surface area contributed by atoms with Crippen LogP contribution in [0, 0.1) is 13.8 Å². The Morgan fingerprint density at radius 3 is 2.40 bits per heavy atom. The van der Waals surface area contributed by atoms with Crippen molar-refractivity contribution in [3.8, 4) is 0 Å². The van der Waals surface area contributed by atoms with Crippen LogP contribution in [-0.2, 0) is 7.05 Å². The maximum atomic E-state index is 4.55. The summed E-state index contributed by atoms with van der Waals surface area (Å²) in [6.07, 6.45) is 0. The maximum absolute atomic E-state index is 4.55. The molecule has 5 heteroatoms. The zero-order chi connectivity index (χ0) is 14.3. The summed E-state index contributed by atoms with van der Waals surface area (Å²) in [4.78, 5) is 5.23. The molecule has 1 unspecified atom stereocenters. The third-order valence-corrected chi connectivity index (χ3v) is 5.09. The fourth-order valence-electron chi connectivity index (χ4n) is 3.66. The fourth-order valence-corrected chi connectivity index (χ4v) is 3.66. The van der Waals surface area contributed by atoms with E-state index in [1.54, 1.807) is 0 Å². The van der Waals surface area contributed by atoms with E-state index in [1.807, 2.05) is 11.7 Å². The van der Waals surface area contributed by atoms with E-state index in [4.69, 9.17) is 0 Å². The summed E-state index contributed by atoms with van der Waals surface area (Å²) >= 11 is 0. The summed E-state index contributed by atoms with van der Waals surface area (Å²) in [5.74, 6) is 0. The Labute approximate surface area is 121 Å². The van der Waals surface area contributed by atoms with Crippen molar-refractivity contribution < 1.29 is 0 Å². The third kappa shape index (κ3) is 2.38. The van der Waals surface area contributed by atoms with E-state index < -0.39 is 0 Å². The molecule has 0 aromatic carbocycles. The van der Waals surface area contributed by atoms with Gasteiger partial charge >= 0.3 is 0 Å². The monoisotopic (exact) mass is 277 g/mol. The van der Waals surface area contributed by atoms with Gasteiger partial charge in [0.25, 0.3) is 0 Å². The Balaban J connectivity index is 1.61. The van der Waals surface area contributed by atoms with Crippen LogP contribution in [0.25, 0.3) is 0 Å². The number of piperazine rings is 1. The fraction of sp³-hybridized carbons (Fsp3) is 0.800. The third-order valence-electron chi connectivity index (χ3n) is 5.09. The van der Waals surface area contributed by atoms with Crippen LogP contribution in [0.4, 0.5) is 0 Å². The minimum absolute atomic E-state index is 0.489. The van der Waals surface area contributed by atoms with Crippen LogP contribution in [-0.4, -0.2) is 64.9 Å². The first kappa shape index (κ1) is 14.0. The Hall–Kier alpha value is -0.910. The summed E-state index contributed by atoms with van der Waals surface area (Å²) in [6, 6.07) is 1.25. The topological polar surface area (TPSA) is 36.3 Å². The summed E-state index contributed by atoms with van der Waals surface area (Å²) in [5, 5.41) is 7.98. The molecule has 1 aromatic heterocycles. The van der Waals surface area contributed by atoms with E-state index in [-0.39, 0.29) is 0 Å². The van der Waals surface area contributed by atoms with Crippen molar-refractivity contribution in [1.82, 2.24) is 24.9 Å². The number of hydrogen-bond donors (Lipinski definition) is 1. The van der Waals surface area contributed by atoms with E-state index in [1.165, 1.54) is 43.1 Å². The van der Waals surface area contributed by atoms with Crippen LogP contribution < -0.4 is 5.32 Å². The molecule has 0 spiro atoms. The predicted molar refractivity (Wildman–Crippen MR) is 80.9 cm³/mol. The van der Waals surface area contributed by atoms with Crippen molar-refractivity contribution in [2.45, 2.75) is 32.9 Å². The summed E-state index contributed by atoms with van der Waals surface area (Å²) < 4.78 is 2.01. The number of nitrogens with zero attached hydrogens (tertiary/aromatic N) is 4. The van der Waals surface area contributed by atoms with Crippen molar-refractivity contribution in [3.63, 3.8) is 0 Å². The molecular formula is C15H27N5. The second-order valence-electron chi connectivity index (χ2n) is 6.28. The van der Waals surface area contributed by atoms with Gasteiger partial charge in [0.1, 0.15) is 0 Å². The molecule has 5 nitrogen and oxygen atoms in total. The molecule has 0 amide bonds. The van der Waals surface area contributed by atoms with Crippen LogP contribution in [0.2, 0.25) is 0 Å². The smallest absolute Gasteiger partial charge is 0.0644 e. The number of rotatable bonds is 3. The van der Waals surface area contributed by atoms with Gasteiger partial charge in [0.2, 0.25) is 0 Å². The second-order valence-corrected chi connectivity index (χ2v) is 6.28. The van der Waals surface area contributed by atoms with Gasteiger partial charge in [-0.25, -0.2) is 0 Å². The lowest BCUT2D eigenvalue weighted by Crippen LogP contribution is -2.62. The number of hydrogen-bond acceptors (Lipinski definition) is 4. The molecule has 3 rings (SSSR count). The molecule has 1 atom stereocenters. The van der Waals surface area contributed by atoms with Gasteiger partial charge in [0, 0.05) is 69.7 Å². The Bertz CT molecular complexity index is 469. The Morgan fingerprint density at radius 2 is 1.85 bits per heavy atom. The highest BCUT2D eigenvalue weighted by Gasteiger charge is 2.36. The van der Waals surface area contributed by atoms with Crippen molar-refractivity contribution >= 4 is 0 Å². The molecule has 112 valence electrons. The first-order valence-corrected chi connectivity index (χ1v) is 7.77. The van der Waals surface area contributed by atoms with Crippen LogP contribution >= 0.6 is 0 Å². The van der Waals surface area contributed by atoms with Crippen molar-refractivity contribution in [3.05, 3.63) is 17.0 Å². The molecule has 1 N–H and O–H groups in total.